The first-order chi connectivity index (χ1) is 8.02. The summed E-state index contributed by atoms with van der Waals surface area (Å²) in [5, 5.41) is 3.93. The highest BCUT2D eigenvalue weighted by atomic mass is 15.0. The summed E-state index contributed by atoms with van der Waals surface area (Å²) in [5.74, 6) is 4.87. The molecular weight excluding hydrogens is 206 g/mol. The maximum Gasteiger partial charge on any atom is 0.0134 e. The first-order valence-corrected chi connectivity index (χ1v) is 7.76. The standard InChI is InChI=1S/C16H29N/c1-10-12-6-7-13-15(14(10)11(12)2)17-9-5-8-16(13,3)4/h10-15,17H,5-9H2,1-4H3. The predicted octanol–water partition coefficient (Wildman–Crippen LogP) is 3.69. The van der Waals surface area contributed by atoms with Gasteiger partial charge in [-0.15, -0.1) is 0 Å². The van der Waals surface area contributed by atoms with E-state index in [1.54, 1.807) is 0 Å². The van der Waals surface area contributed by atoms with Crippen LogP contribution in [0, 0.1) is 35.0 Å². The summed E-state index contributed by atoms with van der Waals surface area (Å²) in [6, 6.07) is 0.816. The van der Waals surface area contributed by atoms with Crippen molar-refractivity contribution < 1.29 is 0 Å². The second-order valence-corrected chi connectivity index (χ2v) is 7.72. The summed E-state index contributed by atoms with van der Waals surface area (Å²) in [5.41, 5.74) is 0.561. The van der Waals surface area contributed by atoms with E-state index in [-0.39, 0.29) is 0 Å². The lowest BCUT2D eigenvalue weighted by Gasteiger charge is -2.52. The molecule has 98 valence electrons. The van der Waals surface area contributed by atoms with Crippen LogP contribution in [0.25, 0.3) is 0 Å². The quantitative estimate of drug-likeness (QED) is 0.675. The second kappa shape index (κ2) is 3.98. The molecule has 0 spiro atoms. The molecule has 1 aliphatic heterocycles. The summed E-state index contributed by atoms with van der Waals surface area (Å²) < 4.78 is 0. The highest BCUT2D eigenvalue weighted by molar-refractivity contribution is 5.06. The molecule has 3 aliphatic carbocycles. The Bertz CT molecular complexity index is 286. The summed E-state index contributed by atoms with van der Waals surface area (Å²) in [6.07, 6.45) is 5.76. The molecular formula is C16H29N. The van der Waals surface area contributed by atoms with Gasteiger partial charge in [-0.3, -0.25) is 0 Å². The number of nitrogens with one attached hydrogen (secondary N) is 1. The topological polar surface area (TPSA) is 12.0 Å². The Kier molecular flexibility index (Phi) is 2.81. The minimum Gasteiger partial charge on any atom is -0.313 e. The number of fused-ring (bicyclic) bond motifs is 1. The van der Waals surface area contributed by atoms with Gasteiger partial charge in [0, 0.05) is 6.04 Å². The van der Waals surface area contributed by atoms with Crippen LogP contribution in [0.4, 0.5) is 0 Å². The van der Waals surface area contributed by atoms with Gasteiger partial charge in [0.15, 0.2) is 0 Å². The minimum atomic E-state index is 0.561. The van der Waals surface area contributed by atoms with Gasteiger partial charge in [0.2, 0.25) is 0 Å². The Morgan fingerprint density at radius 2 is 1.76 bits per heavy atom. The molecule has 1 saturated heterocycles. The Labute approximate surface area is 107 Å². The third kappa shape index (κ3) is 1.69. The van der Waals surface area contributed by atoms with Crippen molar-refractivity contribution in [2.45, 2.75) is 59.4 Å². The Morgan fingerprint density at radius 3 is 2.47 bits per heavy atom. The van der Waals surface area contributed by atoms with Crippen LogP contribution in [0.5, 0.6) is 0 Å². The molecule has 1 heteroatoms. The van der Waals surface area contributed by atoms with Crippen LogP contribution < -0.4 is 5.32 Å². The van der Waals surface area contributed by atoms with E-state index in [0.717, 1.165) is 35.6 Å². The van der Waals surface area contributed by atoms with Crippen LogP contribution in [0.3, 0.4) is 0 Å². The lowest BCUT2D eigenvalue weighted by atomic mass is 9.55. The zero-order chi connectivity index (χ0) is 12.2. The molecule has 4 rings (SSSR count). The van der Waals surface area contributed by atoms with Crippen molar-refractivity contribution in [3.8, 4) is 0 Å². The Balaban J connectivity index is 1.91. The van der Waals surface area contributed by atoms with Crippen LogP contribution in [0.1, 0.15) is 53.4 Å². The molecule has 17 heavy (non-hydrogen) atoms. The summed E-state index contributed by atoms with van der Waals surface area (Å²) >= 11 is 0. The van der Waals surface area contributed by atoms with Crippen LogP contribution >= 0.6 is 0 Å². The molecule has 1 nitrogen and oxygen atoms in total. The van der Waals surface area contributed by atoms with Crippen LogP contribution in [-0.4, -0.2) is 12.6 Å². The van der Waals surface area contributed by atoms with E-state index in [1.165, 1.54) is 32.2 Å². The molecule has 0 amide bonds. The van der Waals surface area contributed by atoms with Crippen molar-refractivity contribution >= 4 is 0 Å². The number of rotatable bonds is 0. The lowest BCUT2D eigenvalue weighted by molar-refractivity contribution is -0.0218. The van der Waals surface area contributed by atoms with Gasteiger partial charge >= 0.3 is 0 Å². The average molecular weight is 235 g/mol. The third-order valence-corrected chi connectivity index (χ3v) is 6.61. The maximum atomic E-state index is 3.93. The fraction of sp³-hybridized carbons (Fsp3) is 1.00. The van der Waals surface area contributed by atoms with E-state index in [4.69, 9.17) is 0 Å². The SMILES string of the molecule is CC1C2CCC3C(NCCCC3(C)C)C1C2C. The summed E-state index contributed by atoms with van der Waals surface area (Å²) in [6.45, 7) is 11.3. The highest BCUT2D eigenvalue weighted by Crippen LogP contribution is 2.57. The van der Waals surface area contributed by atoms with Gasteiger partial charge in [0.1, 0.15) is 0 Å². The first kappa shape index (κ1) is 12.0. The monoisotopic (exact) mass is 235 g/mol. The van der Waals surface area contributed by atoms with E-state index < -0.39 is 0 Å². The largest absolute Gasteiger partial charge is 0.313 e. The van der Waals surface area contributed by atoms with Crippen LogP contribution in [-0.2, 0) is 0 Å². The molecule has 1 heterocycles. The van der Waals surface area contributed by atoms with Crippen molar-refractivity contribution in [3.63, 3.8) is 0 Å². The molecule has 4 fully saturated rings. The van der Waals surface area contributed by atoms with E-state index in [0.29, 0.717) is 5.41 Å². The first-order valence-electron chi connectivity index (χ1n) is 7.76. The normalized spacial score (nSPS) is 52.9. The summed E-state index contributed by atoms with van der Waals surface area (Å²) in [4.78, 5) is 0. The van der Waals surface area contributed by atoms with Crippen molar-refractivity contribution in [1.82, 2.24) is 5.32 Å². The summed E-state index contributed by atoms with van der Waals surface area (Å²) in [7, 11) is 0. The molecule has 4 aliphatic rings. The zero-order valence-electron chi connectivity index (χ0n) is 12.0. The number of hydrogen-bond donors (Lipinski definition) is 1. The molecule has 2 bridgehead atoms. The fourth-order valence-electron chi connectivity index (χ4n) is 5.54. The van der Waals surface area contributed by atoms with Crippen LogP contribution in [0.15, 0.2) is 0 Å². The third-order valence-electron chi connectivity index (χ3n) is 6.61. The molecule has 3 saturated carbocycles. The molecule has 1 N–H and O–H groups in total. The van der Waals surface area contributed by atoms with E-state index in [2.05, 4.69) is 33.0 Å². The molecule has 4 atom stereocenters. The smallest absolute Gasteiger partial charge is 0.0134 e. The highest BCUT2D eigenvalue weighted by Gasteiger charge is 2.55. The van der Waals surface area contributed by atoms with Crippen molar-refractivity contribution in [3.05, 3.63) is 0 Å². The van der Waals surface area contributed by atoms with E-state index in [9.17, 15) is 0 Å². The second-order valence-electron chi connectivity index (χ2n) is 7.72. The predicted molar refractivity (Wildman–Crippen MR) is 72.8 cm³/mol. The van der Waals surface area contributed by atoms with E-state index >= 15 is 0 Å². The molecule has 0 radical (unpaired) electrons. The van der Waals surface area contributed by atoms with Crippen molar-refractivity contribution in [1.29, 1.82) is 0 Å². The van der Waals surface area contributed by atoms with Gasteiger partial charge in [-0.1, -0.05) is 27.7 Å². The molecule has 0 aromatic rings. The van der Waals surface area contributed by atoms with Gasteiger partial charge in [0.05, 0.1) is 0 Å². The minimum absolute atomic E-state index is 0.561. The zero-order valence-corrected chi connectivity index (χ0v) is 12.0. The Morgan fingerprint density at radius 1 is 1.06 bits per heavy atom. The fourth-order valence-corrected chi connectivity index (χ4v) is 5.54. The van der Waals surface area contributed by atoms with Gasteiger partial charge in [0.25, 0.3) is 0 Å². The molecule has 0 aromatic heterocycles. The van der Waals surface area contributed by atoms with Gasteiger partial charge < -0.3 is 5.32 Å². The van der Waals surface area contributed by atoms with Crippen molar-refractivity contribution in [2.24, 2.45) is 35.0 Å². The van der Waals surface area contributed by atoms with Gasteiger partial charge in [-0.2, -0.15) is 0 Å². The molecule has 4 unspecified atom stereocenters. The molecule has 0 aromatic carbocycles. The van der Waals surface area contributed by atoms with Crippen molar-refractivity contribution in [2.75, 3.05) is 6.54 Å². The number of hydrogen-bond acceptors (Lipinski definition) is 1. The lowest BCUT2D eigenvalue weighted by Crippen LogP contribution is -2.55. The van der Waals surface area contributed by atoms with Crippen LogP contribution in [0.2, 0.25) is 0 Å². The van der Waals surface area contributed by atoms with Gasteiger partial charge in [-0.05, 0) is 67.2 Å². The average Bonchev–Trinajstić information content (AvgIpc) is 2.57. The Hall–Kier alpha value is -0.0400. The van der Waals surface area contributed by atoms with E-state index in [1.807, 2.05) is 0 Å². The maximum absolute atomic E-state index is 3.93. The van der Waals surface area contributed by atoms with Gasteiger partial charge in [-0.25, -0.2) is 0 Å².